The van der Waals surface area contributed by atoms with Gasteiger partial charge in [0, 0.05) is 23.8 Å². The summed E-state index contributed by atoms with van der Waals surface area (Å²) in [5, 5.41) is 67.7. The van der Waals surface area contributed by atoms with E-state index in [1.807, 2.05) is 0 Å². The number of phenolic OH excluding ortho intramolecular Hbond substituents is 3. The number of aliphatic hydroxyl groups is 4. The third-order valence-corrected chi connectivity index (χ3v) is 5.29. The first-order valence-corrected chi connectivity index (χ1v) is 10.1. The van der Waals surface area contributed by atoms with Gasteiger partial charge in [-0.1, -0.05) is 0 Å². The maximum absolute atomic E-state index is 12.5. The number of ether oxygens (including phenoxy) is 3. The lowest BCUT2D eigenvalue weighted by atomic mass is 9.99. The molecule has 35 heavy (non-hydrogen) atoms. The molecule has 0 amide bonds. The minimum Gasteiger partial charge on any atom is -0.507 e. The zero-order valence-corrected chi connectivity index (χ0v) is 17.6. The van der Waals surface area contributed by atoms with Crippen LogP contribution in [0.1, 0.15) is 0 Å². The van der Waals surface area contributed by atoms with E-state index in [1.165, 1.54) is 24.3 Å². The van der Waals surface area contributed by atoms with Crippen molar-refractivity contribution in [3.63, 3.8) is 0 Å². The quantitative estimate of drug-likeness (QED) is 0.133. The van der Waals surface area contributed by atoms with Crippen LogP contribution < -0.4 is 10.2 Å². The van der Waals surface area contributed by atoms with Crippen LogP contribution in [0.3, 0.4) is 0 Å². The van der Waals surface area contributed by atoms with Crippen molar-refractivity contribution in [2.75, 3.05) is 6.79 Å². The van der Waals surface area contributed by atoms with Crippen LogP contribution in [0.5, 0.6) is 23.0 Å². The molecule has 0 unspecified atom stereocenters. The molecule has 0 bridgehead atoms. The van der Waals surface area contributed by atoms with Crippen LogP contribution in [-0.2, 0) is 14.3 Å². The highest BCUT2D eigenvalue weighted by atomic mass is 16.7. The van der Waals surface area contributed by atoms with E-state index < -0.39 is 60.4 Å². The molecular weight excluding hydrogens is 472 g/mol. The predicted octanol–water partition coefficient (Wildman–Crippen LogP) is -0.744. The first kappa shape index (κ1) is 24.3. The summed E-state index contributed by atoms with van der Waals surface area (Å²) in [5.74, 6) is -2.59. The van der Waals surface area contributed by atoms with Gasteiger partial charge >= 0.3 is 5.97 Å². The van der Waals surface area contributed by atoms with E-state index in [-0.39, 0.29) is 33.8 Å². The minimum absolute atomic E-state index is 0.0171. The molecular formula is C22H20O13. The van der Waals surface area contributed by atoms with E-state index >= 15 is 0 Å². The number of phenols is 3. The number of carbonyl (C=O) groups is 1. The summed E-state index contributed by atoms with van der Waals surface area (Å²) in [6, 6.07) is 7.15. The molecule has 1 aromatic heterocycles. The number of rotatable bonds is 5. The number of fused-ring (bicyclic) bond motifs is 1. The second kappa shape index (κ2) is 9.40. The Hall–Kier alpha value is -3.88. The molecule has 2 aromatic carbocycles. The van der Waals surface area contributed by atoms with Crippen LogP contribution in [0.15, 0.2) is 45.6 Å². The molecule has 186 valence electrons. The number of benzene rings is 2. The van der Waals surface area contributed by atoms with Crippen LogP contribution in [0.25, 0.3) is 22.3 Å². The van der Waals surface area contributed by atoms with Crippen LogP contribution in [-0.4, -0.2) is 79.2 Å². The van der Waals surface area contributed by atoms with E-state index in [1.54, 1.807) is 0 Å². The Labute approximate surface area is 195 Å². The van der Waals surface area contributed by atoms with Crippen molar-refractivity contribution >= 4 is 16.9 Å². The van der Waals surface area contributed by atoms with Crippen molar-refractivity contribution in [3.8, 4) is 34.3 Å². The molecule has 1 aliphatic rings. The Morgan fingerprint density at radius 2 is 1.63 bits per heavy atom. The normalized spacial score (nSPS) is 24.3. The van der Waals surface area contributed by atoms with Crippen molar-refractivity contribution in [2.45, 2.75) is 30.7 Å². The average Bonchev–Trinajstić information content (AvgIpc) is 2.81. The smallest absolute Gasteiger partial charge is 0.341 e. The van der Waals surface area contributed by atoms with Crippen LogP contribution >= 0.6 is 0 Å². The van der Waals surface area contributed by atoms with Crippen molar-refractivity contribution in [1.82, 2.24) is 0 Å². The fourth-order valence-corrected chi connectivity index (χ4v) is 3.44. The average molecular weight is 492 g/mol. The van der Waals surface area contributed by atoms with Gasteiger partial charge in [-0.25, -0.2) is 4.79 Å². The van der Waals surface area contributed by atoms with E-state index in [2.05, 4.69) is 0 Å². The van der Waals surface area contributed by atoms with Gasteiger partial charge in [-0.3, -0.25) is 4.79 Å². The zero-order chi connectivity index (χ0) is 25.4. The molecule has 13 nitrogen and oxygen atoms in total. The highest BCUT2D eigenvalue weighted by molar-refractivity contribution is 5.86. The molecule has 13 heteroatoms. The van der Waals surface area contributed by atoms with Gasteiger partial charge in [-0.05, 0) is 18.2 Å². The van der Waals surface area contributed by atoms with E-state index in [9.17, 15) is 45.3 Å². The summed E-state index contributed by atoms with van der Waals surface area (Å²) in [7, 11) is 0. The maximum Gasteiger partial charge on any atom is 0.341 e. The van der Waals surface area contributed by atoms with Crippen molar-refractivity contribution in [1.29, 1.82) is 0 Å². The highest BCUT2D eigenvalue weighted by Gasteiger charge is 2.47. The Bertz CT molecular complexity index is 1320. The lowest BCUT2D eigenvalue weighted by Crippen LogP contribution is -2.60. The molecule has 2 heterocycles. The fraction of sp³-hybridized carbons (Fsp3) is 0.273. The molecule has 4 rings (SSSR count). The second-order valence-corrected chi connectivity index (χ2v) is 7.64. The van der Waals surface area contributed by atoms with Crippen molar-refractivity contribution in [2.24, 2.45) is 0 Å². The summed E-state index contributed by atoms with van der Waals surface area (Å²) in [6.45, 7) is -0.763. The van der Waals surface area contributed by atoms with Crippen molar-refractivity contribution in [3.05, 3.63) is 46.6 Å². The summed E-state index contributed by atoms with van der Waals surface area (Å²) in [6.07, 6.45) is -9.30. The summed E-state index contributed by atoms with van der Waals surface area (Å²) < 4.78 is 20.4. The number of carbonyl (C=O) groups excluding carboxylic acids is 1. The van der Waals surface area contributed by atoms with Gasteiger partial charge < -0.3 is 54.4 Å². The number of esters is 1. The molecule has 3 aromatic rings. The number of aromatic hydroxyl groups is 3. The number of aliphatic hydroxyl groups excluding tert-OH is 4. The predicted molar refractivity (Wildman–Crippen MR) is 113 cm³/mol. The Morgan fingerprint density at radius 3 is 2.34 bits per heavy atom. The van der Waals surface area contributed by atoms with Gasteiger partial charge in [-0.15, -0.1) is 0 Å². The molecule has 5 atom stereocenters. The van der Waals surface area contributed by atoms with Gasteiger partial charge in [0.1, 0.15) is 46.5 Å². The van der Waals surface area contributed by atoms with E-state index in [0.717, 1.165) is 12.1 Å². The summed E-state index contributed by atoms with van der Waals surface area (Å²) in [4.78, 5) is 24.6. The number of hydrogen-bond acceptors (Lipinski definition) is 13. The van der Waals surface area contributed by atoms with E-state index in [4.69, 9.17) is 18.6 Å². The van der Waals surface area contributed by atoms with Crippen LogP contribution in [0, 0.1) is 0 Å². The Kier molecular flexibility index (Phi) is 6.51. The van der Waals surface area contributed by atoms with E-state index in [0.29, 0.717) is 0 Å². The molecule has 7 N–H and O–H groups in total. The lowest BCUT2D eigenvalue weighted by molar-refractivity contribution is -0.282. The van der Waals surface area contributed by atoms with Gasteiger partial charge in [0.2, 0.25) is 6.79 Å². The van der Waals surface area contributed by atoms with Gasteiger partial charge in [-0.2, -0.15) is 0 Å². The van der Waals surface area contributed by atoms with Crippen LogP contribution in [0.2, 0.25) is 0 Å². The maximum atomic E-state index is 12.5. The fourth-order valence-electron chi connectivity index (χ4n) is 3.44. The molecule has 1 aliphatic heterocycles. The third-order valence-electron chi connectivity index (χ3n) is 5.29. The molecule has 0 aliphatic carbocycles. The lowest BCUT2D eigenvalue weighted by Gasteiger charge is -2.36. The zero-order valence-electron chi connectivity index (χ0n) is 17.6. The molecule has 1 fully saturated rings. The molecule has 1 saturated heterocycles. The third kappa shape index (κ3) is 4.71. The topological polar surface area (TPSA) is 217 Å². The summed E-state index contributed by atoms with van der Waals surface area (Å²) >= 11 is 0. The summed E-state index contributed by atoms with van der Waals surface area (Å²) in [5.41, 5.74) is -0.445. The first-order chi connectivity index (χ1) is 16.6. The first-order valence-electron chi connectivity index (χ1n) is 10.1. The minimum atomic E-state index is -1.93. The number of hydrogen-bond donors (Lipinski definition) is 7. The Morgan fingerprint density at radius 1 is 0.886 bits per heavy atom. The Balaban J connectivity index is 1.51. The second-order valence-electron chi connectivity index (χ2n) is 7.64. The highest BCUT2D eigenvalue weighted by Crippen LogP contribution is 2.34. The molecule has 0 radical (unpaired) electrons. The molecule has 0 spiro atoms. The largest absolute Gasteiger partial charge is 0.507 e. The van der Waals surface area contributed by atoms with Gasteiger partial charge in [0.15, 0.2) is 29.3 Å². The van der Waals surface area contributed by atoms with Gasteiger partial charge in [0.05, 0.1) is 0 Å². The SMILES string of the molecule is O=C(OCOc1cc(O)c2c(=O)cc(-c3ccc(O)c(O)c3)oc2c1)[C@H]1O[C@@H](O)[C@H](O)[C@@H](O)[C@@H]1O. The van der Waals surface area contributed by atoms with Gasteiger partial charge in [0.25, 0.3) is 0 Å². The monoisotopic (exact) mass is 492 g/mol. The van der Waals surface area contributed by atoms with Crippen molar-refractivity contribution < 1.29 is 59.2 Å². The molecule has 0 saturated carbocycles. The standard InChI is InChI=1S/C22H20O13/c23-10-2-1-8(3-11(10)24)14-6-13(26)16-12(25)4-9(5-15(16)34-14)32-7-33-22(31)20-18(28)17(27)19(29)21(30)35-20/h1-6,17-21,23-25,27-30H,7H2/t17-,18-,19+,20-,21+/m0/s1. The van der Waals surface area contributed by atoms with Crippen LogP contribution in [0.4, 0.5) is 0 Å².